The molecule has 0 saturated carbocycles. The molecule has 1 heterocycles. The summed E-state index contributed by atoms with van der Waals surface area (Å²) in [7, 11) is 1.59. The number of fused-ring (bicyclic) bond motifs is 1. The first-order valence-corrected chi connectivity index (χ1v) is 4.06. The zero-order valence-corrected chi connectivity index (χ0v) is 7.42. The molecule has 14 heavy (non-hydrogen) atoms. The maximum atomic E-state index is 12.3. The summed E-state index contributed by atoms with van der Waals surface area (Å²) >= 11 is 0. The number of hydrogen-bond donors (Lipinski definition) is 1. The van der Waals surface area contributed by atoms with Crippen LogP contribution in [0.2, 0.25) is 0 Å². The number of benzene rings is 1. The van der Waals surface area contributed by atoms with E-state index in [2.05, 4.69) is 4.98 Å². The molecule has 0 aliphatic heterocycles. The van der Waals surface area contributed by atoms with Crippen LogP contribution in [0.25, 0.3) is 11.0 Å². The maximum absolute atomic E-state index is 12.3. The number of H-pyrrole nitrogens is 1. The number of aromatic nitrogens is 2. The highest BCUT2D eigenvalue weighted by Gasteiger charge is 2.09. The summed E-state index contributed by atoms with van der Waals surface area (Å²) in [5.74, 6) is 0. The van der Waals surface area contributed by atoms with Gasteiger partial charge in [-0.05, 0) is 12.1 Å². The first-order chi connectivity index (χ1) is 6.59. The summed E-state index contributed by atoms with van der Waals surface area (Å²) in [4.78, 5) is 13.6. The molecule has 2 aromatic rings. The zero-order valence-electron chi connectivity index (χ0n) is 7.42. The van der Waals surface area contributed by atoms with Crippen LogP contribution in [0.4, 0.5) is 8.78 Å². The van der Waals surface area contributed by atoms with Crippen molar-refractivity contribution in [2.24, 2.45) is 7.05 Å². The van der Waals surface area contributed by atoms with Crippen LogP contribution >= 0.6 is 0 Å². The fourth-order valence-electron chi connectivity index (χ4n) is 1.39. The smallest absolute Gasteiger partial charge is 0.306 e. The summed E-state index contributed by atoms with van der Waals surface area (Å²) in [5.41, 5.74) is 0.681. The number of rotatable bonds is 1. The number of aryl methyl sites for hydroxylation is 1. The molecule has 3 nitrogen and oxygen atoms in total. The predicted octanol–water partition coefficient (Wildman–Crippen LogP) is 1.80. The van der Waals surface area contributed by atoms with Gasteiger partial charge in [0.05, 0.1) is 11.0 Å². The molecular formula is C9H8F2N2O. The standard InChI is InChI=1S/C9H8F2N2O/c1-13-7-3-2-5(8(10)11)4-6(7)12-9(13)14/h2-4,8H,1H3,(H,12,14). The minimum atomic E-state index is -2.51. The number of hydrogen-bond acceptors (Lipinski definition) is 1. The summed E-state index contributed by atoms with van der Waals surface area (Å²) in [6, 6.07) is 4.12. The van der Waals surface area contributed by atoms with E-state index in [-0.39, 0.29) is 11.3 Å². The lowest BCUT2D eigenvalue weighted by atomic mass is 10.2. The number of imidazole rings is 1. The van der Waals surface area contributed by atoms with E-state index in [0.717, 1.165) is 0 Å². The second kappa shape index (κ2) is 2.94. The Morgan fingerprint density at radius 1 is 1.43 bits per heavy atom. The van der Waals surface area contributed by atoms with Gasteiger partial charge in [-0.15, -0.1) is 0 Å². The van der Waals surface area contributed by atoms with Gasteiger partial charge >= 0.3 is 5.69 Å². The molecular weight excluding hydrogens is 190 g/mol. The number of aromatic amines is 1. The Morgan fingerprint density at radius 2 is 2.14 bits per heavy atom. The van der Waals surface area contributed by atoms with E-state index in [4.69, 9.17) is 0 Å². The first kappa shape index (κ1) is 8.93. The normalized spacial score (nSPS) is 11.4. The molecule has 0 radical (unpaired) electrons. The van der Waals surface area contributed by atoms with E-state index in [9.17, 15) is 13.6 Å². The molecule has 0 amide bonds. The van der Waals surface area contributed by atoms with Crippen molar-refractivity contribution in [2.75, 3.05) is 0 Å². The molecule has 0 aliphatic rings. The van der Waals surface area contributed by atoms with Crippen molar-refractivity contribution in [3.8, 4) is 0 Å². The molecule has 0 spiro atoms. The fourth-order valence-corrected chi connectivity index (χ4v) is 1.39. The van der Waals surface area contributed by atoms with Crippen molar-refractivity contribution in [1.82, 2.24) is 9.55 Å². The van der Waals surface area contributed by atoms with Gasteiger partial charge in [0, 0.05) is 12.6 Å². The Labute approximate surface area is 78.0 Å². The van der Waals surface area contributed by atoms with Crippen molar-refractivity contribution in [2.45, 2.75) is 6.43 Å². The third-order valence-corrected chi connectivity index (χ3v) is 2.18. The van der Waals surface area contributed by atoms with Gasteiger partial charge in [0.2, 0.25) is 0 Å². The lowest BCUT2D eigenvalue weighted by Gasteiger charge is -1.99. The highest BCUT2D eigenvalue weighted by atomic mass is 19.3. The van der Waals surface area contributed by atoms with Gasteiger partial charge in [0.1, 0.15) is 0 Å². The monoisotopic (exact) mass is 198 g/mol. The number of alkyl halides is 2. The van der Waals surface area contributed by atoms with Crippen LogP contribution < -0.4 is 5.69 Å². The number of nitrogens with one attached hydrogen (secondary N) is 1. The topological polar surface area (TPSA) is 37.8 Å². The van der Waals surface area contributed by atoms with Crippen molar-refractivity contribution >= 4 is 11.0 Å². The zero-order chi connectivity index (χ0) is 10.3. The Hall–Kier alpha value is -1.65. The second-order valence-corrected chi connectivity index (χ2v) is 3.07. The van der Waals surface area contributed by atoms with Gasteiger partial charge in [-0.1, -0.05) is 6.07 Å². The third-order valence-electron chi connectivity index (χ3n) is 2.18. The highest BCUT2D eigenvalue weighted by Crippen LogP contribution is 2.21. The minimum Gasteiger partial charge on any atom is -0.306 e. The van der Waals surface area contributed by atoms with Crippen molar-refractivity contribution in [1.29, 1.82) is 0 Å². The van der Waals surface area contributed by atoms with Gasteiger partial charge < -0.3 is 4.98 Å². The van der Waals surface area contributed by atoms with Crippen molar-refractivity contribution in [3.05, 3.63) is 34.2 Å². The summed E-state index contributed by atoms with van der Waals surface area (Å²) < 4.78 is 26.0. The van der Waals surface area contributed by atoms with E-state index in [1.165, 1.54) is 22.8 Å². The number of halogens is 2. The van der Waals surface area contributed by atoms with Crippen LogP contribution in [0.5, 0.6) is 0 Å². The summed E-state index contributed by atoms with van der Waals surface area (Å²) in [5, 5.41) is 0. The van der Waals surface area contributed by atoms with E-state index >= 15 is 0 Å². The Balaban J connectivity index is 2.73. The Bertz CT molecular complexity index is 527. The van der Waals surface area contributed by atoms with Crippen LogP contribution in [0.1, 0.15) is 12.0 Å². The Morgan fingerprint density at radius 3 is 2.79 bits per heavy atom. The molecule has 0 saturated heterocycles. The summed E-state index contributed by atoms with van der Waals surface area (Å²) in [6.45, 7) is 0. The molecule has 1 N–H and O–H groups in total. The van der Waals surface area contributed by atoms with E-state index in [0.29, 0.717) is 11.0 Å². The van der Waals surface area contributed by atoms with E-state index in [1.54, 1.807) is 7.05 Å². The fraction of sp³-hybridized carbons (Fsp3) is 0.222. The molecule has 0 fully saturated rings. The van der Waals surface area contributed by atoms with Crippen molar-refractivity contribution < 1.29 is 8.78 Å². The summed E-state index contributed by atoms with van der Waals surface area (Å²) in [6.07, 6.45) is -2.51. The number of nitrogens with zero attached hydrogens (tertiary/aromatic N) is 1. The van der Waals surface area contributed by atoms with Gasteiger partial charge in [-0.2, -0.15) is 0 Å². The molecule has 2 rings (SSSR count). The van der Waals surface area contributed by atoms with Crippen LogP contribution in [-0.2, 0) is 7.05 Å². The maximum Gasteiger partial charge on any atom is 0.326 e. The van der Waals surface area contributed by atoms with Gasteiger partial charge in [-0.3, -0.25) is 4.57 Å². The van der Waals surface area contributed by atoms with Crippen LogP contribution in [0.3, 0.4) is 0 Å². The van der Waals surface area contributed by atoms with Crippen molar-refractivity contribution in [3.63, 3.8) is 0 Å². The Kier molecular flexibility index (Phi) is 1.87. The van der Waals surface area contributed by atoms with Crippen LogP contribution in [-0.4, -0.2) is 9.55 Å². The average molecular weight is 198 g/mol. The molecule has 1 aromatic heterocycles. The highest BCUT2D eigenvalue weighted by molar-refractivity contribution is 5.75. The third kappa shape index (κ3) is 1.21. The van der Waals surface area contributed by atoms with Gasteiger partial charge in [-0.25, -0.2) is 13.6 Å². The lowest BCUT2D eigenvalue weighted by molar-refractivity contribution is 0.151. The quantitative estimate of drug-likeness (QED) is 0.745. The predicted molar refractivity (Wildman–Crippen MR) is 48.5 cm³/mol. The minimum absolute atomic E-state index is 0.0839. The SMILES string of the molecule is Cn1c(=O)[nH]c2cc(C(F)F)ccc21. The molecule has 1 aromatic carbocycles. The largest absolute Gasteiger partial charge is 0.326 e. The van der Waals surface area contributed by atoms with Crippen LogP contribution in [0, 0.1) is 0 Å². The van der Waals surface area contributed by atoms with Gasteiger partial charge in [0.15, 0.2) is 0 Å². The van der Waals surface area contributed by atoms with Gasteiger partial charge in [0.25, 0.3) is 6.43 Å². The second-order valence-electron chi connectivity index (χ2n) is 3.07. The molecule has 0 aliphatic carbocycles. The molecule has 5 heteroatoms. The van der Waals surface area contributed by atoms with Crippen LogP contribution in [0.15, 0.2) is 23.0 Å². The van der Waals surface area contributed by atoms with E-state index < -0.39 is 6.43 Å². The molecule has 74 valence electrons. The average Bonchev–Trinajstić information content (AvgIpc) is 2.42. The molecule has 0 bridgehead atoms. The first-order valence-electron chi connectivity index (χ1n) is 4.06. The molecule has 0 unspecified atom stereocenters. The lowest BCUT2D eigenvalue weighted by Crippen LogP contribution is -2.11. The van der Waals surface area contributed by atoms with E-state index in [1.807, 2.05) is 0 Å². The molecule has 0 atom stereocenters.